The van der Waals surface area contributed by atoms with Crippen LogP contribution in [0, 0.1) is 0 Å². The molecule has 0 saturated heterocycles. The van der Waals surface area contributed by atoms with Gasteiger partial charge in [0.25, 0.3) is 0 Å². The van der Waals surface area contributed by atoms with Gasteiger partial charge in [0.1, 0.15) is 0 Å². The van der Waals surface area contributed by atoms with Crippen LogP contribution in [0.5, 0.6) is 0 Å². The quantitative estimate of drug-likeness (QED) is 0.341. The molecule has 88 valence electrons. The number of rotatable bonds is 9. The first-order valence-electron chi connectivity index (χ1n) is 5.26. The van der Waals surface area contributed by atoms with Crippen molar-refractivity contribution in [2.24, 2.45) is 0 Å². The molecule has 0 aromatic rings. The second kappa shape index (κ2) is 11.6. The van der Waals surface area contributed by atoms with Gasteiger partial charge in [-0.2, -0.15) is 0 Å². The van der Waals surface area contributed by atoms with E-state index in [1.807, 2.05) is 0 Å². The SMILES string of the molecule is CCCCCCCCCOP(=O)(O)O.[H-].[Na+]. The summed E-state index contributed by atoms with van der Waals surface area (Å²) in [6.07, 6.45) is 7.84. The van der Waals surface area contributed by atoms with Crippen molar-refractivity contribution in [3.8, 4) is 0 Å². The Balaban J connectivity index is -0.000000845. The summed E-state index contributed by atoms with van der Waals surface area (Å²) in [5, 5.41) is 0. The van der Waals surface area contributed by atoms with Crippen molar-refractivity contribution in [2.45, 2.75) is 51.9 Å². The van der Waals surface area contributed by atoms with E-state index in [1.165, 1.54) is 25.7 Å². The van der Waals surface area contributed by atoms with Crippen LogP contribution in [0.25, 0.3) is 0 Å². The number of hydrogen-bond donors (Lipinski definition) is 2. The molecule has 0 rings (SSSR count). The predicted octanol–water partition coefficient (Wildman–Crippen LogP) is -0.0372. The topological polar surface area (TPSA) is 66.8 Å². The van der Waals surface area contributed by atoms with Gasteiger partial charge >= 0.3 is 37.4 Å². The normalized spacial score (nSPS) is 11.1. The molecule has 0 aliphatic rings. The summed E-state index contributed by atoms with van der Waals surface area (Å²) in [7, 11) is -4.23. The number of unbranched alkanes of at least 4 members (excludes halogenated alkanes) is 6. The standard InChI is InChI=1S/C9H21O4P.Na.H/c1-2-3-4-5-6-7-8-9-13-14(10,11)12;;/h2-9H2,1H3,(H2,10,11,12);;/q;+1;-1. The number of hydrogen-bond acceptors (Lipinski definition) is 2. The second-order valence-electron chi connectivity index (χ2n) is 3.45. The molecule has 0 spiro atoms. The van der Waals surface area contributed by atoms with Crippen molar-refractivity contribution in [2.75, 3.05) is 6.61 Å². The summed E-state index contributed by atoms with van der Waals surface area (Å²) in [5.74, 6) is 0. The maximum absolute atomic E-state index is 10.3. The van der Waals surface area contributed by atoms with Gasteiger partial charge in [0.2, 0.25) is 0 Å². The maximum atomic E-state index is 10.3. The molecule has 4 nitrogen and oxygen atoms in total. The summed E-state index contributed by atoms with van der Waals surface area (Å²) in [6, 6.07) is 0. The Morgan fingerprint density at radius 1 is 1.07 bits per heavy atom. The fourth-order valence-electron chi connectivity index (χ4n) is 1.24. The molecule has 2 N–H and O–H groups in total. The molecule has 0 amide bonds. The minimum atomic E-state index is -4.23. The molecule has 15 heavy (non-hydrogen) atoms. The van der Waals surface area contributed by atoms with Crippen molar-refractivity contribution in [3.63, 3.8) is 0 Å². The van der Waals surface area contributed by atoms with Crippen molar-refractivity contribution in [3.05, 3.63) is 0 Å². The molecule has 6 heteroatoms. The van der Waals surface area contributed by atoms with Gasteiger partial charge in [0, 0.05) is 0 Å². The molecular weight excluding hydrogens is 226 g/mol. The van der Waals surface area contributed by atoms with Crippen LogP contribution in [0.15, 0.2) is 0 Å². The van der Waals surface area contributed by atoms with E-state index >= 15 is 0 Å². The fourth-order valence-corrected chi connectivity index (χ4v) is 1.61. The molecule has 0 radical (unpaired) electrons. The average molecular weight is 248 g/mol. The van der Waals surface area contributed by atoms with Crippen molar-refractivity contribution in [1.29, 1.82) is 0 Å². The van der Waals surface area contributed by atoms with E-state index in [0.717, 1.165) is 19.3 Å². The largest absolute Gasteiger partial charge is 1.00 e. The Bertz CT molecular complexity index is 177. The number of phosphoric ester groups is 1. The molecule has 0 unspecified atom stereocenters. The van der Waals surface area contributed by atoms with Gasteiger partial charge < -0.3 is 11.2 Å². The Hall–Kier alpha value is 1.11. The summed E-state index contributed by atoms with van der Waals surface area (Å²) < 4.78 is 14.6. The fraction of sp³-hybridized carbons (Fsp3) is 1.00. The van der Waals surface area contributed by atoms with Gasteiger partial charge in [0.15, 0.2) is 0 Å². The summed E-state index contributed by atoms with van der Waals surface area (Å²) in [5.41, 5.74) is 0. The van der Waals surface area contributed by atoms with Gasteiger partial charge in [0.05, 0.1) is 6.61 Å². The second-order valence-corrected chi connectivity index (χ2v) is 4.68. The third-order valence-electron chi connectivity index (χ3n) is 2.01. The van der Waals surface area contributed by atoms with Crippen LogP contribution in [0.1, 0.15) is 53.3 Å². The molecule has 0 aromatic carbocycles. The van der Waals surface area contributed by atoms with Gasteiger partial charge in [-0.25, -0.2) is 4.57 Å². The minimum Gasteiger partial charge on any atom is -1.00 e. The molecule has 0 fully saturated rings. The first-order valence-corrected chi connectivity index (χ1v) is 6.79. The molecular formula is C9H22NaO4P. The zero-order chi connectivity index (χ0) is 10.9. The zero-order valence-electron chi connectivity index (χ0n) is 10.8. The van der Waals surface area contributed by atoms with Crippen LogP contribution in [0.2, 0.25) is 0 Å². The molecule has 0 aromatic heterocycles. The average Bonchev–Trinajstić information content (AvgIpc) is 2.08. The minimum absolute atomic E-state index is 0. The molecule has 0 saturated carbocycles. The van der Waals surface area contributed by atoms with E-state index in [-0.39, 0.29) is 37.6 Å². The van der Waals surface area contributed by atoms with Gasteiger partial charge in [-0.05, 0) is 6.42 Å². The van der Waals surface area contributed by atoms with Crippen molar-refractivity contribution >= 4 is 7.82 Å². The monoisotopic (exact) mass is 248 g/mol. The summed E-state index contributed by atoms with van der Waals surface area (Å²) in [4.78, 5) is 16.8. The van der Waals surface area contributed by atoms with Gasteiger partial charge in [-0.15, -0.1) is 0 Å². The third kappa shape index (κ3) is 17.7. The van der Waals surface area contributed by atoms with Crippen LogP contribution < -0.4 is 29.6 Å². The summed E-state index contributed by atoms with van der Waals surface area (Å²) >= 11 is 0. The third-order valence-corrected chi connectivity index (χ3v) is 2.53. The van der Waals surface area contributed by atoms with E-state index in [0.29, 0.717) is 0 Å². The summed E-state index contributed by atoms with van der Waals surface area (Å²) in [6.45, 7) is 2.34. The van der Waals surface area contributed by atoms with Crippen molar-refractivity contribution in [1.82, 2.24) is 0 Å². The van der Waals surface area contributed by atoms with E-state index in [1.54, 1.807) is 0 Å². The first-order chi connectivity index (χ1) is 6.56. The van der Waals surface area contributed by atoms with Gasteiger partial charge in [-0.3, -0.25) is 4.52 Å². The van der Waals surface area contributed by atoms with Crippen LogP contribution >= 0.6 is 7.82 Å². The Morgan fingerprint density at radius 2 is 1.53 bits per heavy atom. The van der Waals surface area contributed by atoms with Crippen LogP contribution in [-0.4, -0.2) is 16.4 Å². The Labute approximate surface area is 116 Å². The molecule has 0 atom stereocenters. The Kier molecular flexibility index (Phi) is 14.3. The molecule has 0 aliphatic carbocycles. The van der Waals surface area contributed by atoms with Crippen LogP contribution in [-0.2, 0) is 9.09 Å². The van der Waals surface area contributed by atoms with Gasteiger partial charge in [-0.1, -0.05) is 45.4 Å². The smallest absolute Gasteiger partial charge is 1.00 e. The maximum Gasteiger partial charge on any atom is 1.00 e. The van der Waals surface area contributed by atoms with E-state index in [9.17, 15) is 4.57 Å². The van der Waals surface area contributed by atoms with Crippen molar-refractivity contribution < 1.29 is 49.9 Å². The molecule has 0 heterocycles. The van der Waals surface area contributed by atoms with Crippen LogP contribution in [0.4, 0.5) is 0 Å². The number of phosphoric acid groups is 1. The molecule has 0 aliphatic heterocycles. The molecule has 0 bridgehead atoms. The van der Waals surface area contributed by atoms with E-state index in [2.05, 4.69) is 11.4 Å². The van der Waals surface area contributed by atoms with E-state index < -0.39 is 7.82 Å². The first kappa shape index (κ1) is 18.5. The zero-order valence-corrected chi connectivity index (χ0v) is 12.7. The van der Waals surface area contributed by atoms with E-state index in [4.69, 9.17) is 9.79 Å². The van der Waals surface area contributed by atoms with Crippen LogP contribution in [0.3, 0.4) is 0 Å². The Morgan fingerprint density at radius 3 is 2.00 bits per heavy atom. The predicted molar refractivity (Wildman–Crippen MR) is 57.1 cm³/mol.